The van der Waals surface area contributed by atoms with E-state index in [9.17, 15) is 0 Å². The minimum absolute atomic E-state index is 0.813. The van der Waals surface area contributed by atoms with Crippen molar-refractivity contribution in [3.8, 4) is 11.3 Å². The van der Waals surface area contributed by atoms with E-state index in [-0.39, 0.29) is 0 Å². The number of hydrogen-bond acceptors (Lipinski definition) is 2. The van der Waals surface area contributed by atoms with Gasteiger partial charge >= 0.3 is 0 Å². The van der Waals surface area contributed by atoms with E-state index in [1.165, 1.54) is 11.1 Å². The van der Waals surface area contributed by atoms with E-state index in [1.807, 2.05) is 6.07 Å². The molecule has 0 bridgehead atoms. The Kier molecular flexibility index (Phi) is 2.82. The second-order valence-corrected chi connectivity index (χ2v) is 4.36. The molecule has 2 rings (SSSR count). The molecule has 0 unspecified atom stereocenters. The van der Waals surface area contributed by atoms with Crippen LogP contribution in [0.2, 0.25) is 0 Å². The van der Waals surface area contributed by atoms with Crippen LogP contribution in [0.15, 0.2) is 35.2 Å². The van der Waals surface area contributed by atoms with Crippen LogP contribution in [0.4, 0.5) is 0 Å². The maximum Gasteiger partial charge on any atom is 0.117 e. The highest BCUT2D eigenvalue weighted by atomic mass is 79.9. The Labute approximate surface area is 97.5 Å². The van der Waals surface area contributed by atoms with E-state index in [0.717, 1.165) is 15.9 Å². The molecule has 2 nitrogen and oxygen atoms in total. The van der Waals surface area contributed by atoms with Crippen LogP contribution in [0.25, 0.3) is 11.3 Å². The van der Waals surface area contributed by atoms with Gasteiger partial charge in [0.1, 0.15) is 10.9 Å². The standard InChI is InChI=1S/C12H11BrN2/c1-8-3-4-9(2)10(5-8)11-6-12(13)15-7-14-11/h3-7H,1-2H3. The van der Waals surface area contributed by atoms with Crippen molar-refractivity contribution in [2.45, 2.75) is 13.8 Å². The normalized spacial score (nSPS) is 10.3. The Balaban J connectivity index is 2.58. The third kappa shape index (κ3) is 2.23. The van der Waals surface area contributed by atoms with Crippen molar-refractivity contribution in [2.75, 3.05) is 0 Å². The first kappa shape index (κ1) is 10.3. The lowest BCUT2D eigenvalue weighted by Gasteiger charge is -2.06. The molecule has 76 valence electrons. The maximum absolute atomic E-state index is 4.27. The molecule has 0 saturated heterocycles. The molecule has 0 N–H and O–H groups in total. The van der Waals surface area contributed by atoms with Crippen molar-refractivity contribution in [3.05, 3.63) is 46.3 Å². The summed E-state index contributed by atoms with van der Waals surface area (Å²) in [5.41, 5.74) is 4.59. The number of aromatic nitrogens is 2. The van der Waals surface area contributed by atoms with Crippen LogP contribution in [-0.2, 0) is 0 Å². The summed E-state index contributed by atoms with van der Waals surface area (Å²) in [5, 5.41) is 0. The van der Waals surface area contributed by atoms with Crippen molar-refractivity contribution in [3.63, 3.8) is 0 Å². The first-order valence-electron chi connectivity index (χ1n) is 4.72. The van der Waals surface area contributed by atoms with Crippen LogP contribution >= 0.6 is 15.9 Å². The number of nitrogens with zero attached hydrogens (tertiary/aromatic N) is 2. The molecule has 0 aliphatic heterocycles. The molecular formula is C12H11BrN2. The van der Waals surface area contributed by atoms with Crippen LogP contribution in [-0.4, -0.2) is 9.97 Å². The summed E-state index contributed by atoms with van der Waals surface area (Å²) in [6, 6.07) is 8.29. The van der Waals surface area contributed by atoms with Crippen molar-refractivity contribution in [1.82, 2.24) is 9.97 Å². The molecule has 1 aromatic carbocycles. The van der Waals surface area contributed by atoms with E-state index >= 15 is 0 Å². The highest BCUT2D eigenvalue weighted by molar-refractivity contribution is 9.10. The van der Waals surface area contributed by atoms with Gasteiger partial charge < -0.3 is 0 Å². The lowest BCUT2D eigenvalue weighted by Crippen LogP contribution is -1.89. The average Bonchev–Trinajstić information content (AvgIpc) is 2.22. The fourth-order valence-corrected chi connectivity index (χ4v) is 1.80. The summed E-state index contributed by atoms with van der Waals surface area (Å²) in [6.07, 6.45) is 1.57. The Morgan fingerprint density at radius 1 is 1.07 bits per heavy atom. The summed E-state index contributed by atoms with van der Waals surface area (Å²) in [7, 11) is 0. The van der Waals surface area contributed by atoms with E-state index in [2.05, 4.69) is 57.9 Å². The molecule has 0 amide bonds. The number of benzene rings is 1. The van der Waals surface area contributed by atoms with Gasteiger partial charge in [-0.15, -0.1) is 0 Å². The molecule has 0 radical (unpaired) electrons. The highest BCUT2D eigenvalue weighted by Crippen LogP contribution is 2.23. The van der Waals surface area contributed by atoms with Crippen molar-refractivity contribution >= 4 is 15.9 Å². The second-order valence-electron chi connectivity index (χ2n) is 3.54. The molecule has 0 atom stereocenters. The first-order valence-corrected chi connectivity index (χ1v) is 5.51. The minimum Gasteiger partial charge on any atom is -0.236 e. The lowest BCUT2D eigenvalue weighted by atomic mass is 10.0. The minimum atomic E-state index is 0.813. The molecule has 0 spiro atoms. The van der Waals surface area contributed by atoms with E-state index < -0.39 is 0 Å². The zero-order valence-electron chi connectivity index (χ0n) is 8.66. The number of aryl methyl sites for hydroxylation is 2. The van der Waals surface area contributed by atoms with Gasteiger partial charge in [-0.25, -0.2) is 9.97 Å². The first-order chi connectivity index (χ1) is 7.16. The molecule has 1 aromatic heterocycles. The van der Waals surface area contributed by atoms with Gasteiger partial charge in [0.2, 0.25) is 0 Å². The van der Waals surface area contributed by atoms with Crippen LogP contribution in [0.1, 0.15) is 11.1 Å². The zero-order chi connectivity index (χ0) is 10.8. The van der Waals surface area contributed by atoms with Crippen molar-refractivity contribution in [2.24, 2.45) is 0 Å². The SMILES string of the molecule is Cc1ccc(C)c(-c2cc(Br)ncn2)c1. The van der Waals surface area contributed by atoms with Gasteiger partial charge in [0, 0.05) is 5.56 Å². The Hall–Kier alpha value is -1.22. The number of rotatable bonds is 1. The zero-order valence-corrected chi connectivity index (χ0v) is 10.2. The van der Waals surface area contributed by atoms with E-state index in [0.29, 0.717) is 0 Å². The Bertz CT molecular complexity index is 495. The number of hydrogen-bond donors (Lipinski definition) is 0. The average molecular weight is 263 g/mol. The summed E-state index contributed by atoms with van der Waals surface area (Å²) in [5.74, 6) is 0. The second kappa shape index (κ2) is 4.11. The fraction of sp³-hybridized carbons (Fsp3) is 0.167. The highest BCUT2D eigenvalue weighted by Gasteiger charge is 2.04. The van der Waals surface area contributed by atoms with Crippen LogP contribution < -0.4 is 0 Å². The predicted octanol–water partition coefficient (Wildman–Crippen LogP) is 3.52. The molecule has 0 fully saturated rings. The summed E-state index contributed by atoms with van der Waals surface area (Å²) in [6.45, 7) is 4.17. The molecule has 15 heavy (non-hydrogen) atoms. The summed E-state index contributed by atoms with van der Waals surface area (Å²) < 4.78 is 0.813. The van der Waals surface area contributed by atoms with Gasteiger partial charge in [-0.1, -0.05) is 17.7 Å². The fourth-order valence-electron chi connectivity index (χ4n) is 1.49. The Morgan fingerprint density at radius 3 is 2.60 bits per heavy atom. The largest absolute Gasteiger partial charge is 0.236 e. The molecule has 0 aliphatic rings. The molecule has 3 heteroatoms. The van der Waals surface area contributed by atoms with Gasteiger partial charge in [0.15, 0.2) is 0 Å². The van der Waals surface area contributed by atoms with E-state index in [1.54, 1.807) is 6.33 Å². The monoisotopic (exact) mass is 262 g/mol. The van der Waals surface area contributed by atoms with Crippen molar-refractivity contribution < 1.29 is 0 Å². The van der Waals surface area contributed by atoms with Gasteiger partial charge in [-0.05, 0) is 47.5 Å². The van der Waals surface area contributed by atoms with Crippen LogP contribution in [0.5, 0.6) is 0 Å². The topological polar surface area (TPSA) is 25.8 Å². The van der Waals surface area contributed by atoms with Gasteiger partial charge in [-0.3, -0.25) is 0 Å². The molecule has 2 aromatic rings. The van der Waals surface area contributed by atoms with Gasteiger partial charge in [0.05, 0.1) is 5.69 Å². The van der Waals surface area contributed by atoms with Crippen LogP contribution in [0, 0.1) is 13.8 Å². The third-order valence-corrected chi connectivity index (χ3v) is 2.74. The predicted molar refractivity (Wildman–Crippen MR) is 64.6 cm³/mol. The third-order valence-electron chi connectivity index (χ3n) is 2.30. The molecule has 0 saturated carbocycles. The number of halogens is 1. The van der Waals surface area contributed by atoms with Crippen molar-refractivity contribution in [1.29, 1.82) is 0 Å². The van der Waals surface area contributed by atoms with E-state index in [4.69, 9.17) is 0 Å². The lowest BCUT2D eigenvalue weighted by molar-refractivity contribution is 1.14. The quantitative estimate of drug-likeness (QED) is 0.735. The smallest absolute Gasteiger partial charge is 0.117 e. The maximum atomic E-state index is 4.27. The summed E-state index contributed by atoms with van der Waals surface area (Å²) in [4.78, 5) is 8.29. The van der Waals surface area contributed by atoms with Crippen LogP contribution in [0.3, 0.4) is 0 Å². The Morgan fingerprint density at radius 2 is 1.87 bits per heavy atom. The summed E-state index contributed by atoms with van der Waals surface area (Å²) >= 11 is 3.35. The molecular weight excluding hydrogens is 252 g/mol. The van der Waals surface area contributed by atoms with Gasteiger partial charge in [0.25, 0.3) is 0 Å². The molecule has 0 aliphatic carbocycles. The molecule has 1 heterocycles. The van der Waals surface area contributed by atoms with Gasteiger partial charge in [-0.2, -0.15) is 0 Å².